The molecule has 0 aliphatic heterocycles. The first-order chi connectivity index (χ1) is 6.90. The van der Waals surface area contributed by atoms with Crippen LogP contribution in [0.5, 0.6) is 0 Å². The molecule has 0 saturated heterocycles. The van der Waals surface area contributed by atoms with E-state index in [0.29, 0.717) is 0 Å². The van der Waals surface area contributed by atoms with Gasteiger partial charge in [0.15, 0.2) is 5.78 Å². The topological polar surface area (TPSA) is 101 Å². The SMILES string of the molecule is C=CC(=O)C(CC(=O)O)(OCC)C(=O)O. The molecule has 6 heteroatoms. The summed E-state index contributed by atoms with van der Waals surface area (Å²) in [6, 6.07) is 0. The maximum Gasteiger partial charge on any atom is 0.344 e. The van der Waals surface area contributed by atoms with Crippen LogP contribution in [-0.2, 0) is 19.1 Å². The number of aliphatic carboxylic acids is 2. The Morgan fingerprint density at radius 3 is 2.20 bits per heavy atom. The molecule has 0 bridgehead atoms. The number of hydrogen-bond acceptors (Lipinski definition) is 4. The number of ketones is 1. The molecular formula is C9H12O6. The summed E-state index contributed by atoms with van der Waals surface area (Å²) < 4.78 is 4.75. The van der Waals surface area contributed by atoms with Crippen molar-refractivity contribution < 1.29 is 29.3 Å². The van der Waals surface area contributed by atoms with Crippen LogP contribution in [0, 0.1) is 0 Å². The molecule has 0 rings (SSSR count). The molecule has 0 spiro atoms. The van der Waals surface area contributed by atoms with E-state index in [1.54, 1.807) is 0 Å². The Hall–Kier alpha value is -1.69. The van der Waals surface area contributed by atoms with Crippen LogP contribution in [0.25, 0.3) is 0 Å². The van der Waals surface area contributed by atoms with Gasteiger partial charge >= 0.3 is 11.9 Å². The minimum atomic E-state index is -2.36. The van der Waals surface area contributed by atoms with E-state index >= 15 is 0 Å². The average Bonchev–Trinajstić information content (AvgIpc) is 2.14. The molecule has 0 aromatic heterocycles. The molecular weight excluding hydrogens is 204 g/mol. The predicted molar refractivity (Wildman–Crippen MR) is 49.4 cm³/mol. The number of hydrogen-bond donors (Lipinski definition) is 2. The zero-order chi connectivity index (χ0) is 12.1. The highest BCUT2D eigenvalue weighted by molar-refractivity contribution is 6.13. The van der Waals surface area contributed by atoms with Crippen molar-refractivity contribution in [3.8, 4) is 0 Å². The van der Waals surface area contributed by atoms with Gasteiger partial charge in [-0.25, -0.2) is 4.79 Å². The molecule has 0 saturated carbocycles. The van der Waals surface area contributed by atoms with Gasteiger partial charge in [0.2, 0.25) is 5.60 Å². The summed E-state index contributed by atoms with van der Waals surface area (Å²) in [5, 5.41) is 17.4. The van der Waals surface area contributed by atoms with Gasteiger partial charge in [0, 0.05) is 6.61 Å². The molecule has 2 N–H and O–H groups in total. The first-order valence-electron chi connectivity index (χ1n) is 4.16. The Kier molecular flexibility index (Phi) is 4.66. The summed E-state index contributed by atoms with van der Waals surface area (Å²) in [7, 11) is 0. The third-order valence-electron chi connectivity index (χ3n) is 1.72. The van der Waals surface area contributed by atoms with Gasteiger partial charge in [-0.1, -0.05) is 6.58 Å². The van der Waals surface area contributed by atoms with Gasteiger partial charge in [0.25, 0.3) is 0 Å². The van der Waals surface area contributed by atoms with Crippen molar-refractivity contribution in [3.63, 3.8) is 0 Å². The minimum absolute atomic E-state index is 0.0842. The number of rotatable bonds is 7. The van der Waals surface area contributed by atoms with E-state index in [1.165, 1.54) is 6.92 Å². The fraction of sp³-hybridized carbons (Fsp3) is 0.444. The van der Waals surface area contributed by atoms with Gasteiger partial charge in [-0.05, 0) is 13.0 Å². The first kappa shape index (κ1) is 13.3. The minimum Gasteiger partial charge on any atom is -0.481 e. The summed E-state index contributed by atoms with van der Waals surface area (Å²) in [5.41, 5.74) is -2.36. The van der Waals surface area contributed by atoms with Crippen LogP contribution in [0.2, 0.25) is 0 Å². The summed E-state index contributed by atoms with van der Waals surface area (Å²) >= 11 is 0. The summed E-state index contributed by atoms with van der Waals surface area (Å²) in [5.74, 6) is -4.03. The van der Waals surface area contributed by atoms with Crippen LogP contribution < -0.4 is 0 Å². The number of ether oxygens (including phenoxy) is 1. The van der Waals surface area contributed by atoms with E-state index in [-0.39, 0.29) is 6.61 Å². The molecule has 0 radical (unpaired) electrons. The van der Waals surface area contributed by atoms with Crippen molar-refractivity contribution in [1.82, 2.24) is 0 Å². The van der Waals surface area contributed by atoms with E-state index in [1.807, 2.05) is 0 Å². The Bertz CT molecular complexity index is 295. The van der Waals surface area contributed by atoms with Crippen molar-refractivity contribution >= 4 is 17.7 Å². The van der Waals surface area contributed by atoms with E-state index in [2.05, 4.69) is 6.58 Å². The second-order valence-electron chi connectivity index (χ2n) is 2.70. The van der Waals surface area contributed by atoms with Crippen LogP contribution >= 0.6 is 0 Å². The Balaban J connectivity index is 5.24. The van der Waals surface area contributed by atoms with Crippen molar-refractivity contribution in [2.24, 2.45) is 0 Å². The Morgan fingerprint density at radius 2 is 1.93 bits per heavy atom. The highest BCUT2D eigenvalue weighted by atomic mass is 16.5. The smallest absolute Gasteiger partial charge is 0.344 e. The molecule has 84 valence electrons. The van der Waals surface area contributed by atoms with Gasteiger partial charge in [0.05, 0.1) is 6.42 Å². The molecule has 1 atom stereocenters. The molecule has 0 aromatic rings. The van der Waals surface area contributed by atoms with E-state index < -0.39 is 29.7 Å². The fourth-order valence-corrected chi connectivity index (χ4v) is 1.08. The van der Waals surface area contributed by atoms with Gasteiger partial charge in [0.1, 0.15) is 0 Å². The van der Waals surface area contributed by atoms with Crippen molar-refractivity contribution in [3.05, 3.63) is 12.7 Å². The number of carbonyl (C=O) groups is 3. The molecule has 0 aromatic carbocycles. The van der Waals surface area contributed by atoms with Crippen LogP contribution in [-0.4, -0.2) is 40.1 Å². The van der Waals surface area contributed by atoms with Crippen molar-refractivity contribution in [2.75, 3.05) is 6.61 Å². The molecule has 0 aliphatic carbocycles. The number of carboxylic acids is 2. The van der Waals surface area contributed by atoms with E-state index in [9.17, 15) is 14.4 Å². The van der Waals surface area contributed by atoms with Crippen LogP contribution in [0.15, 0.2) is 12.7 Å². The summed E-state index contributed by atoms with van der Waals surface area (Å²) in [6.45, 7) is 4.50. The molecule has 0 aliphatic rings. The average molecular weight is 216 g/mol. The lowest BCUT2D eigenvalue weighted by atomic mass is 9.94. The molecule has 0 fully saturated rings. The van der Waals surface area contributed by atoms with E-state index in [0.717, 1.165) is 6.08 Å². The first-order valence-corrected chi connectivity index (χ1v) is 4.16. The van der Waals surface area contributed by atoms with E-state index in [4.69, 9.17) is 14.9 Å². The summed E-state index contributed by atoms with van der Waals surface area (Å²) in [6.07, 6.45) is -0.187. The zero-order valence-electron chi connectivity index (χ0n) is 8.23. The van der Waals surface area contributed by atoms with Gasteiger partial charge < -0.3 is 14.9 Å². The lowest BCUT2D eigenvalue weighted by molar-refractivity contribution is -0.175. The highest BCUT2D eigenvalue weighted by Crippen LogP contribution is 2.19. The predicted octanol–water partition coefficient (Wildman–Crippen LogP) is 0.0761. The molecule has 1 unspecified atom stereocenters. The number of carboxylic acid groups (broad SMARTS) is 2. The third-order valence-corrected chi connectivity index (χ3v) is 1.72. The van der Waals surface area contributed by atoms with Crippen LogP contribution in [0.3, 0.4) is 0 Å². The fourth-order valence-electron chi connectivity index (χ4n) is 1.08. The van der Waals surface area contributed by atoms with Crippen molar-refractivity contribution in [1.29, 1.82) is 0 Å². The monoisotopic (exact) mass is 216 g/mol. The molecule has 0 amide bonds. The van der Waals surface area contributed by atoms with Crippen LogP contribution in [0.4, 0.5) is 0 Å². The maximum absolute atomic E-state index is 11.3. The summed E-state index contributed by atoms with van der Waals surface area (Å²) in [4.78, 5) is 32.7. The second kappa shape index (κ2) is 5.26. The third kappa shape index (κ3) is 2.88. The van der Waals surface area contributed by atoms with Gasteiger partial charge in [-0.2, -0.15) is 0 Å². The normalized spacial score (nSPS) is 13.9. The highest BCUT2D eigenvalue weighted by Gasteiger charge is 2.47. The Morgan fingerprint density at radius 1 is 1.40 bits per heavy atom. The van der Waals surface area contributed by atoms with Crippen LogP contribution in [0.1, 0.15) is 13.3 Å². The number of carbonyl (C=O) groups excluding carboxylic acids is 1. The molecule has 0 heterocycles. The quantitative estimate of drug-likeness (QED) is 0.461. The van der Waals surface area contributed by atoms with Crippen molar-refractivity contribution in [2.45, 2.75) is 18.9 Å². The zero-order valence-corrected chi connectivity index (χ0v) is 8.23. The maximum atomic E-state index is 11.3. The lowest BCUT2D eigenvalue weighted by Gasteiger charge is -2.24. The standard InChI is InChI=1S/C9H12O6/c1-3-6(10)9(8(13)14,15-4-2)5-7(11)12/h3H,1,4-5H2,2H3,(H,11,12)(H,13,14). The second-order valence-corrected chi connectivity index (χ2v) is 2.70. The Labute approximate surface area is 86.2 Å². The van der Waals surface area contributed by atoms with Gasteiger partial charge in [-0.15, -0.1) is 0 Å². The molecule has 6 nitrogen and oxygen atoms in total. The van der Waals surface area contributed by atoms with Gasteiger partial charge in [-0.3, -0.25) is 9.59 Å². The molecule has 15 heavy (non-hydrogen) atoms. The lowest BCUT2D eigenvalue weighted by Crippen LogP contribution is -2.50. The largest absolute Gasteiger partial charge is 0.481 e.